The second-order valence-electron chi connectivity index (χ2n) is 6.38. The first-order valence-corrected chi connectivity index (χ1v) is 8.04. The highest BCUT2D eigenvalue weighted by Crippen LogP contribution is 2.42. The third kappa shape index (κ3) is 2.10. The van der Waals surface area contributed by atoms with Gasteiger partial charge in [0.2, 0.25) is 5.91 Å². The van der Waals surface area contributed by atoms with E-state index in [1.807, 2.05) is 0 Å². The molecule has 0 spiro atoms. The molecule has 2 aliphatic rings. The van der Waals surface area contributed by atoms with Crippen LogP contribution in [0.4, 0.5) is 0 Å². The molecular formula is C16H19N5O3. The van der Waals surface area contributed by atoms with Gasteiger partial charge in [-0.3, -0.25) is 9.59 Å². The third-order valence-electron chi connectivity index (χ3n) is 5.17. The number of nitrogens with one attached hydrogen (secondary N) is 1. The molecule has 2 aliphatic heterocycles. The Bertz CT molecular complexity index is 804. The highest BCUT2D eigenvalue weighted by molar-refractivity contribution is 5.94. The molecule has 0 saturated carbocycles. The molecule has 0 aromatic carbocycles. The summed E-state index contributed by atoms with van der Waals surface area (Å²) < 4.78 is 7.08. The van der Waals surface area contributed by atoms with E-state index >= 15 is 0 Å². The van der Waals surface area contributed by atoms with E-state index in [-0.39, 0.29) is 17.7 Å². The molecule has 8 heteroatoms. The predicted octanol–water partition coefficient (Wildman–Crippen LogP) is -0.0460. The minimum absolute atomic E-state index is 0.0117. The van der Waals surface area contributed by atoms with E-state index in [9.17, 15) is 9.59 Å². The van der Waals surface area contributed by atoms with Crippen molar-refractivity contribution in [1.82, 2.24) is 24.8 Å². The lowest BCUT2D eigenvalue weighted by Gasteiger charge is -2.36. The van der Waals surface area contributed by atoms with Crippen molar-refractivity contribution in [3.63, 3.8) is 0 Å². The van der Waals surface area contributed by atoms with E-state index in [2.05, 4.69) is 15.4 Å². The molecule has 0 aliphatic carbocycles. The average Bonchev–Trinajstić information content (AvgIpc) is 3.22. The van der Waals surface area contributed by atoms with Crippen molar-refractivity contribution in [3.05, 3.63) is 30.2 Å². The molecule has 24 heavy (non-hydrogen) atoms. The van der Waals surface area contributed by atoms with Gasteiger partial charge in [0.25, 0.3) is 5.91 Å². The molecule has 4 heterocycles. The number of fused-ring (bicyclic) bond motifs is 2. The van der Waals surface area contributed by atoms with E-state index in [0.717, 1.165) is 0 Å². The number of ether oxygens (including phenoxy) is 1. The monoisotopic (exact) mass is 329 g/mol. The molecule has 126 valence electrons. The maximum absolute atomic E-state index is 13.0. The summed E-state index contributed by atoms with van der Waals surface area (Å²) in [6.45, 7) is 1.96. The number of amides is 2. The molecule has 4 rings (SSSR count). The number of imidazole rings is 1. The fourth-order valence-electron chi connectivity index (χ4n) is 3.86. The maximum Gasteiger partial charge on any atom is 0.274 e. The smallest absolute Gasteiger partial charge is 0.274 e. The van der Waals surface area contributed by atoms with Crippen LogP contribution in [0, 0.1) is 11.3 Å². The van der Waals surface area contributed by atoms with E-state index in [0.29, 0.717) is 44.1 Å². The molecule has 2 atom stereocenters. The fourth-order valence-corrected chi connectivity index (χ4v) is 3.86. The SMILES string of the molecule is CNC(=O)[C@]12CCOC[C@H]1CN(C(=O)c1cnc3cccnn13)C2. The average molecular weight is 329 g/mol. The van der Waals surface area contributed by atoms with Crippen molar-refractivity contribution in [3.8, 4) is 0 Å². The number of nitrogens with zero attached hydrogens (tertiary/aromatic N) is 4. The van der Waals surface area contributed by atoms with Crippen molar-refractivity contribution in [2.24, 2.45) is 11.3 Å². The van der Waals surface area contributed by atoms with Crippen molar-refractivity contribution in [1.29, 1.82) is 0 Å². The third-order valence-corrected chi connectivity index (χ3v) is 5.17. The van der Waals surface area contributed by atoms with Crippen molar-refractivity contribution < 1.29 is 14.3 Å². The zero-order valence-electron chi connectivity index (χ0n) is 13.4. The van der Waals surface area contributed by atoms with Gasteiger partial charge in [-0.1, -0.05) is 0 Å². The van der Waals surface area contributed by atoms with Crippen LogP contribution in [0.1, 0.15) is 16.9 Å². The Morgan fingerprint density at radius 2 is 2.33 bits per heavy atom. The molecule has 2 saturated heterocycles. The minimum Gasteiger partial charge on any atom is -0.381 e. The summed E-state index contributed by atoms with van der Waals surface area (Å²) in [5.74, 6) is -0.149. The summed E-state index contributed by atoms with van der Waals surface area (Å²) in [5.41, 5.74) is 0.482. The zero-order chi connectivity index (χ0) is 16.7. The first kappa shape index (κ1) is 15.1. The van der Waals surface area contributed by atoms with Gasteiger partial charge in [-0.25, -0.2) is 9.50 Å². The van der Waals surface area contributed by atoms with Gasteiger partial charge < -0.3 is 15.0 Å². The summed E-state index contributed by atoms with van der Waals surface area (Å²) in [5, 5.41) is 6.95. The van der Waals surface area contributed by atoms with Gasteiger partial charge in [0, 0.05) is 38.9 Å². The fraction of sp³-hybridized carbons (Fsp3) is 0.500. The molecular weight excluding hydrogens is 310 g/mol. The van der Waals surface area contributed by atoms with Crippen LogP contribution in [-0.2, 0) is 9.53 Å². The molecule has 2 aromatic rings. The van der Waals surface area contributed by atoms with Gasteiger partial charge in [0.1, 0.15) is 0 Å². The quantitative estimate of drug-likeness (QED) is 0.835. The van der Waals surface area contributed by atoms with Crippen molar-refractivity contribution in [2.45, 2.75) is 6.42 Å². The molecule has 0 radical (unpaired) electrons. The van der Waals surface area contributed by atoms with Crippen LogP contribution < -0.4 is 5.32 Å². The van der Waals surface area contributed by atoms with Crippen LogP contribution in [0.15, 0.2) is 24.5 Å². The zero-order valence-corrected chi connectivity index (χ0v) is 13.4. The topological polar surface area (TPSA) is 88.8 Å². The summed E-state index contributed by atoms with van der Waals surface area (Å²) in [6.07, 6.45) is 3.79. The van der Waals surface area contributed by atoms with Crippen LogP contribution in [0.2, 0.25) is 0 Å². The number of aromatic nitrogens is 3. The first-order valence-electron chi connectivity index (χ1n) is 8.04. The Morgan fingerprint density at radius 3 is 3.17 bits per heavy atom. The van der Waals surface area contributed by atoms with Crippen molar-refractivity contribution in [2.75, 3.05) is 33.4 Å². The van der Waals surface area contributed by atoms with Gasteiger partial charge >= 0.3 is 0 Å². The van der Waals surface area contributed by atoms with E-state index < -0.39 is 5.41 Å². The Hall–Kier alpha value is -2.48. The number of carbonyl (C=O) groups is 2. The van der Waals surface area contributed by atoms with Crippen molar-refractivity contribution >= 4 is 17.5 Å². The Morgan fingerprint density at radius 1 is 1.46 bits per heavy atom. The summed E-state index contributed by atoms with van der Waals surface area (Å²) >= 11 is 0. The van der Waals surface area contributed by atoms with E-state index in [1.54, 1.807) is 30.3 Å². The molecule has 1 N–H and O–H groups in total. The molecule has 2 fully saturated rings. The van der Waals surface area contributed by atoms with Gasteiger partial charge in [0.05, 0.1) is 18.2 Å². The summed E-state index contributed by atoms with van der Waals surface area (Å²) in [4.78, 5) is 31.4. The van der Waals surface area contributed by atoms with E-state index in [4.69, 9.17) is 4.74 Å². The minimum atomic E-state index is -0.559. The highest BCUT2D eigenvalue weighted by Gasteiger charge is 2.54. The number of hydrogen-bond acceptors (Lipinski definition) is 5. The highest BCUT2D eigenvalue weighted by atomic mass is 16.5. The largest absolute Gasteiger partial charge is 0.381 e. The van der Waals surface area contributed by atoms with Gasteiger partial charge in [0.15, 0.2) is 11.3 Å². The van der Waals surface area contributed by atoms with Crippen LogP contribution in [-0.4, -0.2) is 64.7 Å². The normalized spacial score (nSPS) is 26.4. The Kier molecular flexibility index (Phi) is 3.49. The summed E-state index contributed by atoms with van der Waals surface area (Å²) in [6, 6.07) is 3.58. The van der Waals surface area contributed by atoms with Crippen LogP contribution in [0.3, 0.4) is 0 Å². The van der Waals surface area contributed by atoms with Gasteiger partial charge in [-0.05, 0) is 18.6 Å². The molecule has 2 aromatic heterocycles. The predicted molar refractivity (Wildman–Crippen MR) is 84.3 cm³/mol. The second kappa shape index (κ2) is 5.55. The summed E-state index contributed by atoms with van der Waals surface area (Å²) in [7, 11) is 1.64. The molecule has 0 unspecified atom stereocenters. The van der Waals surface area contributed by atoms with Crippen LogP contribution >= 0.6 is 0 Å². The number of likely N-dealkylation sites (tertiary alicyclic amines) is 1. The van der Waals surface area contributed by atoms with Crippen LogP contribution in [0.25, 0.3) is 5.65 Å². The van der Waals surface area contributed by atoms with E-state index in [1.165, 1.54) is 10.7 Å². The number of hydrogen-bond donors (Lipinski definition) is 1. The Labute approximate surface area is 138 Å². The standard InChI is InChI=1S/C16H19N5O3/c1-17-15(23)16-4-6-24-9-11(16)8-20(10-16)14(22)12-7-18-13-3-2-5-19-21(12)13/h2-3,5,7,11H,4,6,8-10H2,1H3,(H,17,23)/t11-,16+/m1/s1. The lowest BCUT2D eigenvalue weighted by atomic mass is 9.73. The maximum atomic E-state index is 13.0. The van der Waals surface area contributed by atoms with Gasteiger partial charge in [-0.2, -0.15) is 5.10 Å². The lowest BCUT2D eigenvalue weighted by molar-refractivity contribution is -0.138. The molecule has 0 bridgehead atoms. The van der Waals surface area contributed by atoms with Gasteiger partial charge in [-0.15, -0.1) is 0 Å². The van der Waals surface area contributed by atoms with Crippen LogP contribution in [0.5, 0.6) is 0 Å². The second-order valence-corrected chi connectivity index (χ2v) is 6.38. The first-order chi connectivity index (χ1) is 11.7. The lowest BCUT2D eigenvalue weighted by Crippen LogP contribution is -2.49. The molecule has 2 amide bonds. The molecule has 8 nitrogen and oxygen atoms in total. The Balaban J connectivity index is 1.66. The number of rotatable bonds is 2. The number of carbonyl (C=O) groups excluding carboxylic acids is 2.